The van der Waals surface area contributed by atoms with Crippen LogP contribution in [0.3, 0.4) is 0 Å². The smallest absolute Gasteiger partial charge is 0.257 e. The molecule has 0 aliphatic carbocycles. The quantitative estimate of drug-likeness (QED) is 0.694. The summed E-state index contributed by atoms with van der Waals surface area (Å²) in [6, 6.07) is 11.2. The Labute approximate surface area is 193 Å². The molecule has 2 fully saturated rings. The van der Waals surface area contributed by atoms with Gasteiger partial charge in [0.25, 0.3) is 5.91 Å². The third-order valence-electron chi connectivity index (χ3n) is 6.86. The second-order valence-corrected chi connectivity index (χ2v) is 8.68. The molecule has 5 rings (SSSR count). The van der Waals surface area contributed by atoms with Crippen molar-refractivity contribution in [2.45, 2.75) is 31.8 Å². The number of piperidine rings is 2. The number of carbonyl (C=O) groups is 2. The number of amides is 2. The maximum atomic E-state index is 13.3. The van der Waals surface area contributed by atoms with Crippen molar-refractivity contribution in [2.24, 2.45) is 5.92 Å². The van der Waals surface area contributed by atoms with Gasteiger partial charge in [0.15, 0.2) is 11.5 Å². The van der Waals surface area contributed by atoms with E-state index < -0.39 is 0 Å². The lowest BCUT2D eigenvalue weighted by atomic mass is 9.83. The van der Waals surface area contributed by atoms with Crippen LogP contribution in [0.25, 0.3) is 0 Å². The molecule has 174 valence electrons. The van der Waals surface area contributed by atoms with E-state index in [0.29, 0.717) is 43.1 Å². The van der Waals surface area contributed by atoms with Crippen LogP contribution < -0.4 is 18.9 Å². The van der Waals surface area contributed by atoms with E-state index in [1.54, 1.807) is 32.4 Å². The Morgan fingerprint density at radius 2 is 1.91 bits per heavy atom. The summed E-state index contributed by atoms with van der Waals surface area (Å²) in [6.45, 7) is 2.00. The molecule has 0 N–H and O–H groups in total. The standard InChI is InChI=1S/C25H28N2O6/c1-30-18-5-6-19(22(12-18)31-2)25(29)26-10-9-20-17(14-26)4-8-24(28)27(20)13-16-3-7-21-23(11-16)33-15-32-21/h3,5-7,11-12,17,20H,4,8-10,13-15H2,1-2H3/t17-,20+/m0/s1. The first-order valence-corrected chi connectivity index (χ1v) is 11.3. The monoisotopic (exact) mass is 452 g/mol. The molecule has 2 aromatic rings. The molecule has 2 saturated heterocycles. The number of carbonyl (C=O) groups excluding carboxylic acids is 2. The van der Waals surface area contributed by atoms with Gasteiger partial charge in [-0.15, -0.1) is 0 Å². The molecule has 0 radical (unpaired) electrons. The summed E-state index contributed by atoms with van der Waals surface area (Å²) >= 11 is 0. The summed E-state index contributed by atoms with van der Waals surface area (Å²) in [4.78, 5) is 30.0. The van der Waals surface area contributed by atoms with Gasteiger partial charge >= 0.3 is 0 Å². The molecule has 3 heterocycles. The molecule has 3 aliphatic rings. The summed E-state index contributed by atoms with van der Waals surface area (Å²) in [6.07, 6.45) is 2.05. The summed E-state index contributed by atoms with van der Waals surface area (Å²) in [7, 11) is 3.14. The van der Waals surface area contributed by atoms with E-state index in [1.807, 2.05) is 28.0 Å². The summed E-state index contributed by atoms with van der Waals surface area (Å²) in [5.41, 5.74) is 1.55. The molecule has 8 nitrogen and oxygen atoms in total. The van der Waals surface area contributed by atoms with Gasteiger partial charge in [-0.2, -0.15) is 0 Å². The van der Waals surface area contributed by atoms with Gasteiger partial charge in [-0.05, 0) is 48.6 Å². The van der Waals surface area contributed by atoms with E-state index in [0.717, 1.165) is 29.9 Å². The van der Waals surface area contributed by atoms with Gasteiger partial charge < -0.3 is 28.7 Å². The zero-order valence-electron chi connectivity index (χ0n) is 18.9. The van der Waals surface area contributed by atoms with Crippen molar-refractivity contribution < 1.29 is 28.5 Å². The zero-order valence-corrected chi connectivity index (χ0v) is 18.9. The third-order valence-corrected chi connectivity index (χ3v) is 6.86. The number of methoxy groups -OCH3 is 2. The van der Waals surface area contributed by atoms with Crippen LogP contribution in [-0.4, -0.2) is 61.8 Å². The van der Waals surface area contributed by atoms with E-state index in [9.17, 15) is 9.59 Å². The van der Waals surface area contributed by atoms with E-state index in [-0.39, 0.29) is 30.6 Å². The van der Waals surface area contributed by atoms with Crippen molar-refractivity contribution in [1.82, 2.24) is 9.80 Å². The van der Waals surface area contributed by atoms with Gasteiger partial charge in [0.2, 0.25) is 12.7 Å². The number of rotatable bonds is 5. The van der Waals surface area contributed by atoms with Crippen molar-refractivity contribution in [3.8, 4) is 23.0 Å². The molecule has 2 atom stereocenters. The summed E-state index contributed by atoms with van der Waals surface area (Å²) < 4.78 is 21.6. The average molecular weight is 453 g/mol. The lowest BCUT2D eigenvalue weighted by Gasteiger charge is -2.47. The fourth-order valence-corrected chi connectivity index (χ4v) is 5.12. The number of hydrogen-bond donors (Lipinski definition) is 0. The zero-order chi connectivity index (χ0) is 22.9. The third kappa shape index (κ3) is 4.05. The van der Waals surface area contributed by atoms with Crippen LogP contribution in [0.4, 0.5) is 0 Å². The van der Waals surface area contributed by atoms with E-state index in [1.165, 1.54) is 0 Å². The maximum absolute atomic E-state index is 13.3. The predicted octanol–water partition coefficient (Wildman–Crippen LogP) is 3.09. The van der Waals surface area contributed by atoms with Crippen LogP contribution in [0.5, 0.6) is 23.0 Å². The van der Waals surface area contributed by atoms with Crippen LogP contribution in [0, 0.1) is 5.92 Å². The molecular weight excluding hydrogens is 424 g/mol. The SMILES string of the molecule is COc1ccc(C(=O)N2CC[C@@H]3[C@@H](CCC(=O)N3Cc3ccc4c(c3)OCO4)C2)c(OC)c1. The number of hydrogen-bond acceptors (Lipinski definition) is 6. The number of nitrogens with zero attached hydrogens (tertiary/aromatic N) is 2. The first-order chi connectivity index (χ1) is 16.1. The largest absolute Gasteiger partial charge is 0.497 e. The Morgan fingerprint density at radius 1 is 1.06 bits per heavy atom. The Kier molecular flexibility index (Phi) is 5.74. The molecule has 3 aliphatic heterocycles. The van der Waals surface area contributed by atoms with Crippen LogP contribution in [0.1, 0.15) is 35.2 Å². The van der Waals surface area contributed by atoms with Gasteiger partial charge in [0.05, 0.1) is 19.8 Å². The molecular formula is C25H28N2O6. The minimum Gasteiger partial charge on any atom is -0.497 e. The molecule has 0 unspecified atom stereocenters. The fraction of sp³-hybridized carbons (Fsp3) is 0.440. The van der Waals surface area contributed by atoms with Crippen molar-refractivity contribution in [3.63, 3.8) is 0 Å². The number of benzene rings is 2. The molecule has 0 spiro atoms. The predicted molar refractivity (Wildman–Crippen MR) is 120 cm³/mol. The van der Waals surface area contributed by atoms with Crippen molar-refractivity contribution in [3.05, 3.63) is 47.5 Å². The molecule has 2 aromatic carbocycles. The van der Waals surface area contributed by atoms with Crippen LogP contribution >= 0.6 is 0 Å². The van der Waals surface area contributed by atoms with Crippen molar-refractivity contribution >= 4 is 11.8 Å². The highest BCUT2D eigenvalue weighted by molar-refractivity contribution is 5.97. The first kappa shape index (κ1) is 21.4. The highest BCUT2D eigenvalue weighted by Gasteiger charge is 2.40. The summed E-state index contributed by atoms with van der Waals surface area (Å²) in [5, 5.41) is 0. The number of likely N-dealkylation sites (tertiary alicyclic amines) is 2. The van der Waals surface area contributed by atoms with Gasteiger partial charge in [0.1, 0.15) is 11.5 Å². The van der Waals surface area contributed by atoms with Gasteiger partial charge in [-0.3, -0.25) is 9.59 Å². The lowest BCUT2D eigenvalue weighted by molar-refractivity contribution is -0.141. The topological polar surface area (TPSA) is 77.5 Å². The minimum absolute atomic E-state index is 0.0489. The van der Waals surface area contributed by atoms with Gasteiger partial charge in [-0.25, -0.2) is 0 Å². The average Bonchev–Trinajstić information content (AvgIpc) is 3.32. The molecule has 8 heteroatoms. The number of fused-ring (bicyclic) bond motifs is 2. The normalized spacial score (nSPS) is 21.6. The van der Waals surface area contributed by atoms with Crippen molar-refractivity contribution in [1.29, 1.82) is 0 Å². The van der Waals surface area contributed by atoms with E-state index in [2.05, 4.69) is 0 Å². The second kappa shape index (κ2) is 8.84. The Hall–Kier alpha value is -3.42. The van der Waals surface area contributed by atoms with Crippen LogP contribution in [0.15, 0.2) is 36.4 Å². The van der Waals surface area contributed by atoms with Gasteiger partial charge in [-0.1, -0.05) is 6.07 Å². The van der Waals surface area contributed by atoms with Crippen molar-refractivity contribution in [2.75, 3.05) is 34.1 Å². The van der Waals surface area contributed by atoms with Gasteiger partial charge in [0, 0.05) is 38.2 Å². The van der Waals surface area contributed by atoms with Crippen LogP contribution in [0.2, 0.25) is 0 Å². The lowest BCUT2D eigenvalue weighted by Crippen LogP contribution is -2.56. The molecule has 2 amide bonds. The Bertz CT molecular complexity index is 1070. The summed E-state index contributed by atoms with van der Waals surface area (Å²) in [5.74, 6) is 2.98. The minimum atomic E-state index is -0.0489. The second-order valence-electron chi connectivity index (χ2n) is 8.68. The molecule has 0 saturated carbocycles. The van der Waals surface area contributed by atoms with E-state index in [4.69, 9.17) is 18.9 Å². The maximum Gasteiger partial charge on any atom is 0.257 e. The highest BCUT2D eigenvalue weighted by Crippen LogP contribution is 2.36. The Morgan fingerprint density at radius 3 is 2.73 bits per heavy atom. The molecule has 33 heavy (non-hydrogen) atoms. The molecule has 0 aromatic heterocycles. The number of ether oxygens (including phenoxy) is 4. The molecule has 0 bridgehead atoms. The van der Waals surface area contributed by atoms with Crippen LogP contribution in [-0.2, 0) is 11.3 Å². The van der Waals surface area contributed by atoms with E-state index >= 15 is 0 Å². The Balaban J connectivity index is 1.30. The highest BCUT2D eigenvalue weighted by atomic mass is 16.7. The first-order valence-electron chi connectivity index (χ1n) is 11.3. The fourth-order valence-electron chi connectivity index (χ4n) is 5.12.